The molecular formula is C26H20FNO6. The Balaban J connectivity index is 1.71. The SMILES string of the molecule is COc1ccc(CN2C(=O)c3oc4ccc(F)cc4c(=O)c3C2c2ccc(O)c(OC)c2)cc1. The first kappa shape index (κ1) is 21.5. The third kappa shape index (κ3) is 3.44. The summed E-state index contributed by atoms with van der Waals surface area (Å²) in [7, 11) is 2.97. The highest BCUT2D eigenvalue weighted by atomic mass is 19.1. The van der Waals surface area contributed by atoms with Gasteiger partial charge in [0, 0.05) is 6.54 Å². The number of nitrogens with zero attached hydrogens (tertiary/aromatic N) is 1. The van der Waals surface area contributed by atoms with Crippen LogP contribution < -0.4 is 14.9 Å². The second-order valence-corrected chi connectivity index (χ2v) is 7.93. The topological polar surface area (TPSA) is 89.2 Å². The number of aromatic hydroxyl groups is 1. The second-order valence-electron chi connectivity index (χ2n) is 7.93. The molecule has 8 heteroatoms. The highest BCUT2D eigenvalue weighted by Crippen LogP contribution is 2.41. The average Bonchev–Trinajstić information content (AvgIpc) is 3.12. The maximum atomic E-state index is 13.9. The van der Waals surface area contributed by atoms with Crippen molar-refractivity contribution in [3.05, 3.63) is 99.2 Å². The Morgan fingerprint density at radius 2 is 1.76 bits per heavy atom. The lowest BCUT2D eigenvalue weighted by Crippen LogP contribution is -2.29. The molecule has 0 fully saturated rings. The van der Waals surface area contributed by atoms with E-state index in [1.165, 1.54) is 30.2 Å². The molecule has 2 heterocycles. The van der Waals surface area contributed by atoms with Crippen LogP contribution in [-0.2, 0) is 6.54 Å². The Labute approximate surface area is 193 Å². The molecule has 0 radical (unpaired) electrons. The fourth-order valence-electron chi connectivity index (χ4n) is 4.29. The standard InChI is InChI=1S/C26H20FNO6/c1-32-17-7-3-14(4-8-17)13-28-23(15-5-9-19(29)21(11-15)33-2)22-24(30)18-12-16(27)6-10-20(18)34-25(22)26(28)31/h3-12,23,29H,13H2,1-2H3. The van der Waals surface area contributed by atoms with Gasteiger partial charge in [0.2, 0.25) is 5.76 Å². The molecule has 5 rings (SSSR count). The number of benzene rings is 3. The van der Waals surface area contributed by atoms with E-state index in [4.69, 9.17) is 13.9 Å². The van der Waals surface area contributed by atoms with E-state index in [9.17, 15) is 19.1 Å². The van der Waals surface area contributed by atoms with Gasteiger partial charge in [0.25, 0.3) is 5.91 Å². The van der Waals surface area contributed by atoms with Crippen LogP contribution in [0, 0.1) is 5.82 Å². The van der Waals surface area contributed by atoms with Crippen molar-refractivity contribution in [2.24, 2.45) is 0 Å². The molecule has 1 N–H and O–H groups in total. The Morgan fingerprint density at radius 1 is 1.00 bits per heavy atom. The van der Waals surface area contributed by atoms with Crippen LogP contribution in [0.25, 0.3) is 11.0 Å². The van der Waals surface area contributed by atoms with Gasteiger partial charge in [0.05, 0.1) is 31.2 Å². The molecule has 0 saturated heterocycles. The van der Waals surface area contributed by atoms with E-state index in [1.54, 1.807) is 31.4 Å². The molecule has 0 bridgehead atoms. The third-order valence-electron chi connectivity index (χ3n) is 5.96. The summed E-state index contributed by atoms with van der Waals surface area (Å²) in [6.07, 6.45) is 0. The lowest BCUT2D eigenvalue weighted by atomic mass is 9.97. The van der Waals surface area contributed by atoms with Crippen molar-refractivity contribution in [3.63, 3.8) is 0 Å². The van der Waals surface area contributed by atoms with Crippen LogP contribution in [0.1, 0.15) is 33.3 Å². The lowest BCUT2D eigenvalue weighted by molar-refractivity contribution is 0.0714. The van der Waals surface area contributed by atoms with Crippen molar-refractivity contribution < 1.29 is 28.2 Å². The quantitative estimate of drug-likeness (QED) is 0.474. The van der Waals surface area contributed by atoms with Crippen molar-refractivity contribution in [3.8, 4) is 17.2 Å². The van der Waals surface area contributed by atoms with E-state index >= 15 is 0 Å². The van der Waals surface area contributed by atoms with Gasteiger partial charge in [-0.1, -0.05) is 18.2 Å². The predicted octanol–water partition coefficient (Wildman–Crippen LogP) is 4.40. The number of methoxy groups -OCH3 is 2. The molecule has 34 heavy (non-hydrogen) atoms. The zero-order chi connectivity index (χ0) is 24.0. The maximum Gasteiger partial charge on any atom is 0.291 e. The van der Waals surface area contributed by atoms with Gasteiger partial charge in [0.15, 0.2) is 16.9 Å². The molecular weight excluding hydrogens is 441 g/mol. The summed E-state index contributed by atoms with van der Waals surface area (Å²) in [5, 5.41) is 10.1. The second kappa shape index (κ2) is 8.22. The number of phenols is 1. The molecule has 0 saturated carbocycles. The molecule has 1 unspecified atom stereocenters. The van der Waals surface area contributed by atoms with E-state index in [2.05, 4.69) is 0 Å². The first-order chi connectivity index (χ1) is 16.4. The molecule has 172 valence electrons. The minimum Gasteiger partial charge on any atom is -0.504 e. The van der Waals surface area contributed by atoms with Crippen LogP contribution >= 0.6 is 0 Å². The Morgan fingerprint density at radius 3 is 2.47 bits per heavy atom. The van der Waals surface area contributed by atoms with Crippen LogP contribution in [0.3, 0.4) is 0 Å². The number of carbonyl (C=O) groups is 1. The highest BCUT2D eigenvalue weighted by molar-refractivity contribution is 5.99. The number of carbonyl (C=O) groups excluding carboxylic acids is 1. The minimum absolute atomic E-state index is 0.0496. The fourth-order valence-corrected chi connectivity index (χ4v) is 4.29. The van der Waals surface area contributed by atoms with E-state index in [-0.39, 0.29) is 40.3 Å². The summed E-state index contributed by atoms with van der Waals surface area (Å²) in [5.41, 5.74) is 1.11. The molecule has 4 aromatic rings. The number of rotatable bonds is 5. The molecule has 0 aliphatic carbocycles. The smallest absolute Gasteiger partial charge is 0.291 e. The van der Waals surface area contributed by atoms with E-state index in [0.29, 0.717) is 11.3 Å². The summed E-state index contributed by atoms with van der Waals surface area (Å²) in [6, 6.07) is 14.6. The predicted molar refractivity (Wildman–Crippen MR) is 122 cm³/mol. The van der Waals surface area contributed by atoms with Gasteiger partial charge < -0.3 is 23.9 Å². The Bertz CT molecular complexity index is 1480. The van der Waals surface area contributed by atoms with Crippen LogP contribution in [-0.4, -0.2) is 30.1 Å². The summed E-state index contributed by atoms with van der Waals surface area (Å²) >= 11 is 0. The van der Waals surface area contributed by atoms with Gasteiger partial charge in [-0.25, -0.2) is 4.39 Å². The Hall–Kier alpha value is -4.33. The van der Waals surface area contributed by atoms with Gasteiger partial charge in [0.1, 0.15) is 17.1 Å². The van der Waals surface area contributed by atoms with Gasteiger partial charge >= 0.3 is 0 Å². The van der Waals surface area contributed by atoms with Crippen molar-refractivity contribution in [2.75, 3.05) is 14.2 Å². The number of halogens is 1. The van der Waals surface area contributed by atoms with Gasteiger partial charge in [-0.05, 0) is 53.6 Å². The third-order valence-corrected chi connectivity index (χ3v) is 5.96. The highest BCUT2D eigenvalue weighted by Gasteiger charge is 2.43. The maximum absolute atomic E-state index is 13.9. The molecule has 1 atom stereocenters. The van der Waals surface area contributed by atoms with Crippen molar-refractivity contribution in [1.82, 2.24) is 4.90 Å². The summed E-state index contributed by atoms with van der Waals surface area (Å²) in [4.78, 5) is 28.5. The summed E-state index contributed by atoms with van der Waals surface area (Å²) < 4.78 is 30.2. The largest absolute Gasteiger partial charge is 0.504 e. The Kier molecular flexibility index (Phi) is 5.20. The molecule has 1 aliphatic rings. The fraction of sp³-hybridized carbons (Fsp3) is 0.154. The van der Waals surface area contributed by atoms with Crippen LogP contribution in [0.4, 0.5) is 4.39 Å². The lowest BCUT2D eigenvalue weighted by Gasteiger charge is -2.25. The zero-order valence-corrected chi connectivity index (χ0v) is 18.4. The number of hydrogen-bond acceptors (Lipinski definition) is 6. The van der Waals surface area contributed by atoms with Gasteiger partial charge in [-0.15, -0.1) is 0 Å². The average molecular weight is 461 g/mol. The van der Waals surface area contributed by atoms with Crippen LogP contribution in [0.2, 0.25) is 0 Å². The minimum atomic E-state index is -0.831. The molecule has 7 nitrogen and oxygen atoms in total. The number of phenolic OH excluding ortho intramolecular Hbond substituents is 1. The number of hydrogen-bond donors (Lipinski definition) is 1. The number of fused-ring (bicyclic) bond motifs is 2. The first-order valence-electron chi connectivity index (χ1n) is 10.5. The van der Waals surface area contributed by atoms with Gasteiger partial charge in [-0.3, -0.25) is 9.59 Å². The van der Waals surface area contributed by atoms with E-state index in [0.717, 1.165) is 11.6 Å². The summed E-state index contributed by atoms with van der Waals surface area (Å²) in [5.74, 6) is -0.350. The van der Waals surface area contributed by atoms with E-state index < -0.39 is 23.2 Å². The molecule has 1 aromatic heterocycles. The normalized spacial score (nSPS) is 15.0. The van der Waals surface area contributed by atoms with Crippen molar-refractivity contribution in [2.45, 2.75) is 12.6 Å². The molecule has 3 aromatic carbocycles. The van der Waals surface area contributed by atoms with Crippen LogP contribution in [0.15, 0.2) is 69.9 Å². The molecule has 1 amide bonds. The van der Waals surface area contributed by atoms with Crippen molar-refractivity contribution in [1.29, 1.82) is 0 Å². The first-order valence-corrected chi connectivity index (χ1v) is 10.5. The van der Waals surface area contributed by atoms with E-state index in [1.807, 2.05) is 12.1 Å². The van der Waals surface area contributed by atoms with Gasteiger partial charge in [-0.2, -0.15) is 0 Å². The molecule has 1 aliphatic heterocycles. The zero-order valence-electron chi connectivity index (χ0n) is 18.4. The summed E-state index contributed by atoms with van der Waals surface area (Å²) in [6.45, 7) is 0.172. The van der Waals surface area contributed by atoms with Crippen LogP contribution in [0.5, 0.6) is 17.2 Å². The number of amides is 1. The van der Waals surface area contributed by atoms with Crippen molar-refractivity contribution >= 4 is 16.9 Å². The monoisotopic (exact) mass is 461 g/mol. The molecule has 0 spiro atoms. The number of ether oxygens (including phenoxy) is 2.